The molecule has 0 amide bonds. The van der Waals surface area contributed by atoms with Gasteiger partial charge in [-0.15, -0.1) is 0 Å². The van der Waals surface area contributed by atoms with Gasteiger partial charge in [-0.05, 0) is 55.3 Å². The Morgan fingerprint density at radius 2 is 0.795 bits per heavy atom. The second-order valence-corrected chi connectivity index (χ2v) is 10.4. The monoisotopic (exact) mass is 592 g/mol. The topological polar surface area (TPSA) is 185 Å². The molecule has 0 saturated carbocycles. The van der Waals surface area contributed by atoms with Gasteiger partial charge in [-0.25, -0.2) is 19.9 Å². The second-order valence-electron chi connectivity index (χ2n) is 10.4. The highest BCUT2D eigenvalue weighted by Crippen LogP contribution is 2.38. The molecule has 44 heavy (non-hydrogen) atoms. The van der Waals surface area contributed by atoms with Gasteiger partial charge >= 0.3 is 0 Å². The predicted octanol–water partition coefficient (Wildman–Crippen LogP) is 7.33. The number of hydrogen-bond donors (Lipinski definition) is 4. The van der Waals surface area contributed by atoms with E-state index in [1.54, 1.807) is 52.0 Å². The Labute approximate surface area is 247 Å². The Kier molecular flexibility index (Phi) is 5.96. The molecule has 12 nitrogen and oxygen atoms in total. The van der Waals surface area contributed by atoms with Gasteiger partial charge in [0.05, 0.1) is 11.1 Å². The minimum Gasteiger partial charge on any atom is -0.508 e. The number of phenols is 4. The first-order chi connectivity index (χ1) is 21.0. The number of aromatic hydroxyl groups is 4. The van der Waals surface area contributed by atoms with Crippen molar-refractivity contribution in [2.24, 2.45) is 0 Å². The predicted molar refractivity (Wildman–Crippen MR) is 160 cm³/mol. The zero-order chi connectivity index (χ0) is 30.9. The molecule has 4 N–H and O–H groups in total. The lowest BCUT2D eigenvalue weighted by atomic mass is 10.1. The lowest BCUT2D eigenvalue weighted by Crippen LogP contribution is -1.82. The molecular formula is C32H24N4O8. The summed E-state index contributed by atoms with van der Waals surface area (Å²) >= 11 is 0. The summed E-state index contributed by atoms with van der Waals surface area (Å²) in [5.41, 5.74) is 6.71. The van der Waals surface area contributed by atoms with E-state index in [-0.39, 0.29) is 34.8 Å². The Hall–Kier alpha value is -6.04. The molecule has 220 valence electrons. The second kappa shape index (κ2) is 9.76. The number of aryl methyl sites for hydroxylation is 4. The van der Waals surface area contributed by atoms with Crippen molar-refractivity contribution in [1.29, 1.82) is 0 Å². The van der Waals surface area contributed by atoms with Crippen LogP contribution in [0.4, 0.5) is 0 Å². The summed E-state index contributed by atoms with van der Waals surface area (Å²) in [5, 5.41) is 39.7. The number of nitrogens with zero attached hydrogens (tertiary/aromatic N) is 4. The lowest BCUT2D eigenvalue weighted by molar-refractivity contribution is 0.456. The molecule has 0 aliphatic heterocycles. The molecule has 0 aliphatic rings. The van der Waals surface area contributed by atoms with Crippen molar-refractivity contribution >= 4 is 44.4 Å². The maximum atomic E-state index is 10.0. The number of benzene rings is 4. The third-order valence-electron chi connectivity index (χ3n) is 7.10. The van der Waals surface area contributed by atoms with E-state index in [1.165, 1.54) is 24.3 Å². The Morgan fingerprint density at radius 1 is 0.409 bits per heavy atom. The molecule has 0 spiro atoms. The summed E-state index contributed by atoms with van der Waals surface area (Å²) < 4.78 is 22.3. The van der Waals surface area contributed by atoms with Crippen LogP contribution < -0.4 is 0 Å². The summed E-state index contributed by atoms with van der Waals surface area (Å²) in [6.07, 6.45) is 0. The number of aromatic nitrogens is 4. The largest absolute Gasteiger partial charge is 0.508 e. The molecule has 0 fully saturated rings. The van der Waals surface area contributed by atoms with Crippen molar-refractivity contribution in [3.05, 3.63) is 71.4 Å². The molecule has 12 heteroatoms. The first kappa shape index (κ1) is 26.8. The van der Waals surface area contributed by atoms with E-state index < -0.39 is 0 Å². The normalized spacial score (nSPS) is 11.5. The van der Waals surface area contributed by atoms with Crippen LogP contribution in [0.5, 0.6) is 23.0 Å². The average Bonchev–Trinajstić information content (AvgIpc) is 3.73. The molecule has 0 atom stereocenters. The fourth-order valence-corrected chi connectivity index (χ4v) is 4.87. The van der Waals surface area contributed by atoms with E-state index >= 15 is 0 Å². The maximum Gasteiger partial charge on any atom is 0.231 e. The molecular weight excluding hydrogens is 568 g/mol. The standard InChI is InChI=1S/2C16H12N2O4/c1-7-3-13(20)9(4-12(7)19)16-18-11-6-14-10(5-15(11)22-16)17-8(2)21-14;1-7-3-13(20)9(4-12(7)19)16-18-11-5-10-14(6-15(11)22-16)21-8(2)17-10/h2*3-6,19-20H,1-2H3. The van der Waals surface area contributed by atoms with Gasteiger partial charge < -0.3 is 38.1 Å². The van der Waals surface area contributed by atoms with Crippen molar-refractivity contribution in [3.8, 4) is 45.9 Å². The molecule has 4 aromatic heterocycles. The van der Waals surface area contributed by atoms with Gasteiger partial charge in [-0.1, -0.05) is 0 Å². The summed E-state index contributed by atoms with van der Waals surface area (Å²) in [7, 11) is 0. The summed E-state index contributed by atoms with van der Waals surface area (Å²) in [6, 6.07) is 12.8. The summed E-state index contributed by atoms with van der Waals surface area (Å²) in [6.45, 7) is 6.95. The molecule has 8 rings (SSSR count). The van der Waals surface area contributed by atoms with Crippen molar-refractivity contribution in [2.75, 3.05) is 0 Å². The van der Waals surface area contributed by atoms with Crippen LogP contribution in [-0.4, -0.2) is 40.4 Å². The molecule has 0 aliphatic carbocycles. The number of fused-ring (bicyclic) bond motifs is 4. The van der Waals surface area contributed by atoms with E-state index in [9.17, 15) is 20.4 Å². The number of hydrogen-bond acceptors (Lipinski definition) is 12. The number of phenolic OH excluding ortho intramolecular Hbond substituents is 4. The van der Waals surface area contributed by atoms with Crippen molar-refractivity contribution in [3.63, 3.8) is 0 Å². The van der Waals surface area contributed by atoms with Gasteiger partial charge in [-0.3, -0.25) is 0 Å². The zero-order valence-corrected chi connectivity index (χ0v) is 23.8. The maximum absolute atomic E-state index is 10.0. The molecule has 4 aromatic carbocycles. The molecule has 0 saturated heterocycles. The van der Waals surface area contributed by atoms with Gasteiger partial charge in [0.15, 0.2) is 34.1 Å². The first-order valence-corrected chi connectivity index (χ1v) is 13.4. The Balaban J connectivity index is 0.000000142. The van der Waals surface area contributed by atoms with Gasteiger partial charge in [-0.2, -0.15) is 0 Å². The highest BCUT2D eigenvalue weighted by Gasteiger charge is 2.18. The SMILES string of the molecule is Cc1nc2cc3nc(-c4cc(O)c(C)cc4O)oc3cc2o1.Cc1nc2cc3oc(-c4cc(O)c(C)cc4O)nc3cc2o1. The van der Waals surface area contributed by atoms with Crippen LogP contribution >= 0.6 is 0 Å². The van der Waals surface area contributed by atoms with E-state index in [0.29, 0.717) is 78.4 Å². The van der Waals surface area contributed by atoms with Gasteiger partial charge in [0.2, 0.25) is 11.8 Å². The van der Waals surface area contributed by atoms with Crippen LogP contribution in [0.1, 0.15) is 22.9 Å². The fourth-order valence-electron chi connectivity index (χ4n) is 4.87. The summed E-state index contributed by atoms with van der Waals surface area (Å²) in [4.78, 5) is 17.2. The van der Waals surface area contributed by atoms with Crippen molar-refractivity contribution in [1.82, 2.24) is 19.9 Å². The molecule has 0 bridgehead atoms. The van der Waals surface area contributed by atoms with E-state index in [1.807, 2.05) is 0 Å². The van der Waals surface area contributed by atoms with Crippen LogP contribution in [0, 0.1) is 27.7 Å². The van der Waals surface area contributed by atoms with Crippen LogP contribution in [0.3, 0.4) is 0 Å². The van der Waals surface area contributed by atoms with E-state index in [2.05, 4.69) is 19.9 Å². The van der Waals surface area contributed by atoms with E-state index in [4.69, 9.17) is 17.7 Å². The highest BCUT2D eigenvalue weighted by molar-refractivity contribution is 5.91. The van der Waals surface area contributed by atoms with Crippen LogP contribution in [0.2, 0.25) is 0 Å². The third kappa shape index (κ3) is 4.58. The van der Waals surface area contributed by atoms with E-state index in [0.717, 1.165) is 0 Å². The minimum absolute atomic E-state index is 0.000451. The Bertz CT molecular complexity index is 2130. The molecule has 8 aromatic rings. The highest BCUT2D eigenvalue weighted by atomic mass is 16.4. The average molecular weight is 593 g/mol. The van der Waals surface area contributed by atoms with Crippen LogP contribution in [-0.2, 0) is 0 Å². The minimum atomic E-state index is -0.000451. The quantitative estimate of drug-likeness (QED) is 0.147. The van der Waals surface area contributed by atoms with Crippen molar-refractivity contribution < 1.29 is 38.1 Å². The zero-order valence-electron chi connectivity index (χ0n) is 23.8. The van der Waals surface area contributed by atoms with Gasteiger partial charge in [0.1, 0.15) is 45.1 Å². The van der Waals surface area contributed by atoms with Gasteiger partial charge in [0, 0.05) is 32.0 Å². The summed E-state index contributed by atoms with van der Waals surface area (Å²) in [5.74, 6) is 1.74. The molecule has 4 heterocycles. The Morgan fingerprint density at radius 3 is 1.32 bits per heavy atom. The molecule has 0 unspecified atom stereocenters. The van der Waals surface area contributed by atoms with Crippen LogP contribution in [0.15, 0.2) is 66.2 Å². The number of oxazole rings is 4. The number of rotatable bonds is 2. The third-order valence-corrected chi connectivity index (χ3v) is 7.10. The van der Waals surface area contributed by atoms with Gasteiger partial charge in [0.25, 0.3) is 0 Å². The fraction of sp³-hybridized carbons (Fsp3) is 0.125. The first-order valence-electron chi connectivity index (χ1n) is 13.4. The smallest absolute Gasteiger partial charge is 0.231 e. The van der Waals surface area contributed by atoms with Crippen molar-refractivity contribution in [2.45, 2.75) is 27.7 Å². The molecule has 0 radical (unpaired) electrons. The van der Waals surface area contributed by atoms with Crippen LogP contribution in [0.25, 0.3) is 67.3 Å². The lowest BCUT2D eigenvalue weighted by Gasteiger charge is -2.03.